The Kier molecular flexibility index (Phi) is 6.84. The lowest BCUT2D eigenvalue weighted by Gasteiger charge is -2.34. The lowest BCUT2D eigenvalue weighted by Crippen LogP contribution is -2.43. The number of rotatable bonds is 5. The zero-order valence-electron chi connectivity index (χ0n) is 12.9. The Morgan fingerprint density at radius 2 is 1.80 bits per heavy atom. The zero-order chi connectivity index (χ0) is 15.2. The fourth-order valence-electron chi connectivity index (χ4n) is 1.36. The summed E-state index contributed by atoms with van der Waals surface area (Å²) in [6, 6.07) is 0. The van der Waals surface area contributed by atoms with E-state index in [1.165, 1.54) is 0 Å². The SMILES string of the molecule is CC(C)(CO)OCC1CO1.CC1(C)COC(CO)CO1. The van der Waals surface area contributed by atoms with E-state index in [4.69, 9.17) is 29.2 Å². The Labute approximate surface area is 121 Å². The van der Waals surface area contributed by atoms with Crippen LogP contribution in [0.2, 0.25) is 0 Å². The van der Waals surface area contributed by atoms with E-state index in [-0.39, 0.29) is 31.0 Å². The molecule has 2 aliphatic heterocycles. The second-order valence-electron chi connectivity index (χ2n) is 6.37. The van der Waals surface area contributed by atoms with Crippen molar-refractivity contribution >= 4 is 0 Å². The van der Waals surface area contributed by atoms with Crippen LogP contribution in [-0.4, -0.2) is 73.3 Å². The van der Waals surface area contributed by atoms with Gasteiger partial charge in [0.15, 0.2) is 0 Å². The van der Waals surface area contributed by atoms with Crippen molar-refractivity contribution in [1.82, 2.24) is 0 Å². The third-order valence-corrected chi connectivity index (χ3v) is 2.97. The van der Waals surface area contributed by atoms with Crippen molar-refractivity contribution in [2.75, 3.05) is 39.6 Å². The monoisotopic (exact) mass is 292 g/mol. The van der Waals surface area contributed by atoms with Gasteiger partial charge in [-0.2, -0.15) is 0 Å². The zero-order valence-corrected chi connectivity index (χ0v) is 12.9. The Morgan fingerprint density at radius 3 is 2.20 bits per heavy atom. The smallest absolute Gasteiger partial charge is 0.104 e. The molecule has 6 nitrogen and oxygen atoms in total. The molecule has 2 saturated heterocycles. The summed E-state index contributed by atoms with van der Waals surface area (Å²) in [6.45, 7) is 10.2. The molecular weight excluding hydrogens is 264 g/mol. The first-order valence-corrected chi connectivity index (χ1v) is 7.01. The molecule has 2 N–H and O–H groups in total. The second kappa shape index (κ2) is 7.68. The van der Waals surface area contributed by atoms with Crippen molar-refractivity contribution in [3.8, 4) is 0 Å². The minimum Gasteiger partial charge on any atom is -0.394 e. The molecule has 2 rings (SSSR count). The highest BCUT2D eigenvalue weighted by Crippen LogP contribution is 2.16. The van der Waals surface area contributed by atoms with Crippen molar-refractivity contribution in [3.05, 3.63) is 0 Å². The van der Waals surface area contributed by atoms with Gasteiger partial charge in [0.2, 0.25) is 0 Å². The summed E-state index contributed by atoms with van der Waals surface area (Å²) in [7, 11) is 0. The van der Waals surface area contributed by atoms with Crippen LogP contribution in [0.15, 0.2) is 0 Å². The number of epoxide rings is 1. The van der Waals surface area contributed by atoms with Crippen molar-refractivity contribution in [2.24, 2.45) is 0 Å². The van der Waals surface area contributed by atoms with Crippen LogP contribution < -0.4 is 0 Å². The molecule has 0 aliphatic carbocycles. The van der Waals surface area contributed by atoms with E-state index in [0.717, 1.165) is 6.61 Å². The summed E-state index contributed by atoms with van der Waals surface area (Å²) < 4.78 is 20.9. The molecule has 2 atom stereocenters. The quantitative estimate of drug-likeness (QED) is 0.712. The molecule has 0 aromatic heterocycles. The number of aliphatic hydroxyl groups is 2. The van der Waals surface area contributed by atoms with Crippen LogP contribution in [0.4, 0.5) is 0 Å². The molecule has 0 bridgehead atoms. The predicted molar refractivity (Wildman–Crippen MR) is 73.7 cm³/mol. The van der Waals surface area contributed by atoms with Gasteiger partial charge in [0.25, 0.3) is 0 Å². The van der Waals surface area contributed by atoms with Gasteiger partial charge in [0.05, 0.1) is 50.8 Å². The summed E-state index contributed by atoms with van der Waals surface area (Å²) in [6.07, 6.45) is 0.166. The molecule has 2 aliphatic rings. The standard InChI is InChI=1S/2C7H14O3/c1-7(2,5-8)10-4-6-3-9-6;1-7(2)5-9-6(3-8)4-10-7/h2*6,8H,3-5H2,1-2H3. The van der Waals surface area contributed by atoms with E-state index in [9.17, 15) is 0 Å². The van der Waals surface area contributed by atoms with E-state index in [0.29, 0.717) is 19.8 Å². The van der Waals surface area contributed by atoms with Crippen LogP contribution in [0, 0.1) is 0 Å². The maximum atomic E-state index is 8.76. The lowest BCUT2D eigenvalue weighted by atomic mass is 10.1. The minimum absolute atomic E-state index is 0.0517. The third kappa shape index (κ3) is 7.52. The first-order chi connectivity index (χ1) is 9.28. The normalized spacial score (nSPS) is 28.5. The molecule has 0 saturated carbocycles. The summed E-state index contributed by atoms with van der Waals surface area (Å²) in [4.78, 5) is 0. The molecule has 0 aromatic carbocycles. The predicted octanol–water partition coefficient (Wildman–Crippen LogP) is 0.345. The lowest BCUT2D eigenvalue weighted by molar-refractivity contribution is -0.183. The van der Waals surface area contributed by atoms with Crippen molar-refractivity contribution in [1.29, 1.82) is 0 Å². The van der Waals surface area contributed by atoms with E-state index in [1.807, 2.05) is 27.7 Å². The van der Waals surface area contributed by atoms with E-state index < -0.39 is 5.60 Å². The Bertz CT molecular complexity index is 265. The fraction of sp³-hybridized carbons (Fsp3) is 1.00. The van der Waals surface area contributed by atoms with Gasteiger partial charge in [-0.25, -0.2) is 0 Å². The van der Waals surface area contributed by atoms with E-state index >= 15 is 0 Å². The number of aliphatic hydroxyl groups excluding tert-OH is 2. The summed E-state index contributed by atoms with van der Waals surface area (Å²) in [5.41, 5.74) is -0.586. The van der Waals surface area contributed by atoms with Gasteiger partial charge in [-0.15, -0.1) is 0 Å². The average molecular weight is 292 g/mol. The number of hydrogen-bond acceptors (Lipinski definition) is 6. The maximum absolute atomic E-state index is 8.76. The van der Waals surface area contributed by atoms with Crippen molar-refractivity contribution in [3.63, 3.8) is 0 Å². The molecule has 2 heterocycles. The molecule has 20 heavy (non-hydrogen) atoms. The van der Waals surface area contributed by atoms with Crippen LogP contribution >= 0.6 is 0 Å². The van der Waals surface area contributed by atoms with Crippen LogP contribution in [-0.2, 0) is 18.9 Å². The first kappa shape index (κ1) is 17.8. The number of hydrogen-bond donors (Lipinski definition) is 2. The molecular formula is C14H28O6. The minimum atomic E-state index is -0.411. The van der Waals surface area contributed by atoms with Gasteiger partial charge in [-0.3, -0.25) is 0 Å². The van der Waals surface area contributed by atoms with Gasteiger partial charge < -0.3 is 29.2 Å². The average Bonchev–Trinajstić information content (AvgIpc) is 3.22. The largest absolute Gasteiger partial charge is 0.394 e. The topological polar surface area (TPSA) is 80.7 Å². The van der Waals surface area contributed by atoms with Crippen LogP contribution in [0.3, 0.4) is 0 Å². The molecule has 6 heteroatoms. The third-order valence-electron chi connectivity index (χ3n) is 2.97. The van der Waals surface area contributed by atoms with Gasteiger partial charge >= 0.3 is 0 Å². The van der Waals surface area contributed by atoms with Crippen molar-refractivity contribution in [2.45, 2.75) is 51.1 Å². The summed E-state index contributed by atoms with van der Waals surface area (Å²) in [5.74, 6) is 0. The summed E-state index contributed by atoms with van der Waals surface area (Å²) >= 11 is 0. The Hall–Kier alpha value is -0.240. The van der Waals surface area contributed by atoms with E-state index in [1.54, 1.807) is 0 Å². The van der Waals surface area contributed by atoms with Crippen molar-refractivity contribution < 1.29 is 29.2 Å². The number of ether oxygens (including phenoxy) is 4. The maximum Gasteiger partial charge on any atom is 0.104 e. The highest BCUT2D eigenvalue weighted by atomic mass is 16.6. The molecule has 2 unspecified atom stereocenters. The fourth-order valence-corrected chi connectivity index (χ4v) is 1.36. The molecule has 0 amide bonds. The molecule has 0 spiro atoms. The van der Waals surface area contributed by atoms with Gasteiger partial charge in [0, 0.05) is 0 Å². The molecule has 2 fully saturated rings. The van der Waals surface area contributed by atoms with Crippen LogP contribution in [0.1, 0.15) is 27.7 Å². The highest BCUT2D eigenvalue weighted by molar-refractivity contribution is 4.74. The summed E-state index contributed by atoms with van der Waals surface area (Å²) in [5, 5.41) is 17.4. The van der Waals surface area contributed by atoms with Crippen LogP contribution in [0.5, 0.6) is 0 Å². The van der Waals surface area contributed by atoms with Crippen LogP contribution in [0.25, 0.3) is 0 Å². The Morgan fingerprint density at radius 1 is 1.15 bits per heavy atom. The highest BCUT2D eigenvalue weighted by Gasteiger charge is 2.27. The molecule has 0 aromatic rings. The second-order valence-corrected chi connectivity index (χ2v) is 6.37. The van der Waals surface area contributed by atoms with Gasteiger partial charge in [-0.05, 0) is 27.7 Å². The first-order valence-electron chi connectivity index (χ1n) is 7.01. The molecule has 120 valence electrons. The molecule has 0 radical (unpaired) electrons. The van der Waals surface area contributed by atoms with Gasteiger partial charge in [-0.1, -0.05) is 0 Å². The van der Waals surface area contributed by atoms with Gasteiger partial charge in [0.1, 0.15) is 12.2 Å². The Balaban J connectivity index is 0.000000200. The van der Waals surface area contributed by atoms with E-state index in [2.05, 4.69) is 0 Å².